The van der Waals surface area contributed by atoms with Crippen LogP contribution >= 0.6 is 0 Å². The highest BCUT2D eigenvalue weighted by atomic mass is 16.5. The Morgan fingerprint density at radius 1 is 0.622 bits per heavy atom. The average molecular weight is 582 g/mol. The largest absolute Gasteiger partial charge is 0.494 e. The van der Waals surface area contributed by atoms with Crippen molar-refractivity contribution in [3.05, 3.63) is 173 Å². The van der Waals surface area contributed by atoms with Gasteiger partial charge in [-0.2, -0.15) is 0 Å². The first-order valence-corrected chi connectivity index (χ1v) is 15.7. The van der Waals surface area contributed by atoms with Gasteiger partial charge in [0.1, 0.15) is 5.75 Å². The van der Waals surface area contributed by atoms with E-state index in [4.69, 9.17) is 4.74 Å². The van der Waals surface area contributed by atoms with Crippen LogP contribution in [0.4, 0.5) is 17.1 Å². The number of fused-ring (bicyclic) bond motifs is 10. The second-order valence-corrected chi connectivity index (χ2v) is 12.1. The second-order valence-electron chi connectivity index (χ2n) is 12.1. The summed E-state index contributed by atoms with van der Waals surface area (Å²) in [7, 11) is 1.78. The van der Waals surface area contributed by atoms with Crippen LogP contribution in [0.1, 0.15) is 47.2 Å². The predicted molar refractivity (Wildman–Crippen MR) is 188 cm³/mol. The van der Waals surface area contributed by atoms with Crippen molar-refractivity contribution < 1.29 is 4.74 Å². The van der Waals surface area contributed by atoms with Crippen molar-refractivity contribution in [3.63, 3.8) is 0 Å². The molecule has 0 heterocycles. The maximum absolute atomic E-state index is 6.16. The molecule has 45 heavy (non-hydrogen) atoms. The number of hydrogen-bond acceptors (Lipinski definition) is 2. The minimum Gasteiger partial charge on any atom is -0.494 e. The lowest BCUT2D eigenvalue weighted by Gasteiger charge is -2.36. The molecule has 0 aliphatic heterocycles. The van der Waals surface area contributed by atoms with Crippen LogP contribution in [0.25, 0.3) is 27.8 Å². The van der Waals surface area contributed by atoms with Gasteiger partial charge in [-0.25, -0.2) is 0 Å². The molecule has 6 aromatic carbocycles. The Balaban J connectivity index is 1.53. The molecule has 2 aliphatic carbocycles. The molecule has 0 unspecified atom stereocenters. The van der Waals surface area contributed by atoms with E-state index in [9.17, 15) is 0 Å². The van der Waals surface area contributed by atoms with E-state index in [1.807, 2.05) is 0 Å². The van der Waals surface area contributed by atoms with Gasteiger partial charge in [0.25, 0.3) is 0 Å². The predicted octanol–water partition coefficient (Wildman–Crippen LogP) is 11.2. The number of ether oxygens (including phenoxy) is 1. The quantitative estimate of drug-likeness (QED) is 0.200. The van der Waals surface area contributed by atoms with Gasteiger partial charge in [-0.15, -0.1) is 0 Å². The molecule has 0 saturated heterocycles. The fraction of sp³-hybridized carbons (Fsp3) is 0.116. The standard InChI is InChI=1S/C43H35NO/c1-5-28(2)30-16-13-17-31(27-30)44(40-26-12-15-29(3)42(40)45-4)39-25-14-21-35-34-20-8-11-24-38(34)43(41(35)39)36-22-9-6-18-32(36)33-19-7-10-23-37(33)43/h5-27H,1-4H3/b28-5+. The minimum atomic E-state index is -0.470. The van der Waals surface area contributed by atoms with Crippen LogP contribution < -0.4 is 9.64 Å². The summed E-state index contributed by atoms with van der Waals surface area (Å²) in [6, 6.07) is 49.1. The fourth-order valence-corrected chi connectivity index (χ4v) is 7.86. The van der Waals surface area contributed by atoms with Gasteiger partial charge in [0.05, 0.1) is 23.9 Å². The number of benzene rings is 6. The van der Waals surface area contributed by atoms with Crippen molar-refractivity contribution in [1.82, 2.24) is 0 Å². The Morgan fingerprint density at radius 3 is 1.78 bits per heavy atom. The molecule has 2 nitrogen and oxygen atoms in total. The molecule has 0 fully saturated rings. The summed E-state index contributed by atoms with van der Waals surface area (Å²) >= 11 is 0. The molecular weight excluding hydrogens is 546 g/mol. The fourth-order valence-electron chi connectivity index (χ4n) is 7.86. The molecule has 0 amide bonds. The number of anilines is 3. The van der Waals surface area contributed by atoms with E-state index in [0.717, 1.165) is 28.4 Å². The molecule has 0 N–H and O–H groups in total. The number of methoxy groups -OCH3 is 1. The number of rotatable bonds is 5. The van der Waals surface area contributed by atoms with Crippen LogP contribution in [0, 0.1) is 6.92 Å². The van der Waals surface area contributed by atoms with E-state index in [0.29, 0.717) is 0 Å². The zero-order valence-electron chi connectivity index (χ0n) is 26.1. The normalized spacial score (nSPS) is 13.6. The van der Waals surface area contributed by atoms with Crippen molar-refractivity contribution in [2.24, 2.45) is 0 Å². The zero-order chi connectivity index (χ0) is 30.7. The van der Waals surface area contributed by atoms with Gasteiger partial charge in [0, 0.05) is 11.3 Å². The second kappa shape index (κ2) is 10.4. The molecule has 0 radical (unpaired) electrons. The zero-order valence-corrected chi connectivity index (χ0v) is 26.1. The molecule has 0 atom stereocenters. The number of allylic oxidation sites excluding steroid dienone is 2. The van der Waals surface area contributed by atoms with Gasteiger partial charge in [0.2, 0.25) is 0 Å². The van der Waals surface area contributed by atoms with Crippen molar-refractivity contribution in [3.8, 4) is 28.0 Å². The van der Waals surface area contributed by atoms with Gasteiger partial charge in [0.15, 0.2) is 0 Å². The van der Waals surface area contributed by atoms with E-state index in [1.54, 1.807) is 7.11 Å². The topological polar surface area (TPSA) is 12.5 Å². The first-order chi connectivity index (χ1) is 22.1. The van der Waals surface area contributed by atoms with Gasteiger partial charge < -0.3 is 9.64 Å². The lowest BCUT2D eigenvalue weighted by Crippen LogP contribution is -2.28. The Morgan fingerprint density at radius 2 is 1.16 bits per heavy atom. The molecule has 218 valence electrons. The number of para-hydroxylation sites is 1. The Hall–Kier alpha value is -5.34. The summed E-state index contributed by atoms with van der Waals surface area (Å²) in [6.45, 7) is 6.40. The Bertz CT molecular complexity index is 2090. The number of hydrogen-bond donors (Lipinski definition) is 0. The summed E-state index contributed by atoms with van der Waals surface area (Å²) in [5.41, 5.74) is 16.8. The highest BCUT2D eigenvalue weighted by molar-refractivity contribution is 6.00. The molecule has 1 spiro atoms. The Kier molecular flexibility index (Phi) is 6.28. The molecule has 0 aromatic heterocycles. The minimum absolute atomic E-state index is 0.470. The van der Waals surface area contributed by atoms with Crippen molar-refractivity contribution in [2.45, 2.75) is 26.2 Å². The van der Waals surface area contributed by atoms with Crippen LogP contribution in [0.2, 0.25) is 0 Å². The van der Waals surface area contributed by atoms with Crippen LogP contribution in [-0.4, -0.2) is 7.11 Å². The highest BCUT2D eigenvalue weighted by Crippen LogP contribution is 2.65. The smallest absolute Gasteiger partial charge is 0.145 e. The monoisotopic (exact) mass is 581 g/mol. The van der Waals surface area contributed by atoms with Crippen molar-refractivity contribution >= 4 is 22.6 Å². The molecule has 0 saturated carbocycles. The Labute approximate surface area is 265 Å². The van der Waals surface area contributed by atoms with E-state index < -0.39 is 5.41 Å². The average Bonchev–Trinajstić information content (AvgIpc) is 3.56. The summed E-state index contributed by atoms with van der Waals surface area (Å²) in [5, 5.41) is 0. The number of nitrogens with zero attached hydrogens (tertiary/aromatic N) is 1. The first-order valence-electron chi connectivity index (χ1n) is 15.7. The summed E-state index contributed by atoms with van der Waals surface area (Å²) in [4.78, 5) is 2.42. The molecule has 2 aliphatic rings. The SMILES string of the molecule is C/C=C(\C)c1cccc(N(c2cccc(C)c2OC)c2cccc3c2C2(c4ccccc4-c4ccccc42)c2ccccc2-3)c1. The third-order valence-electron chi connectivity index (χ3n) is 9.86. The van der Waals surface area contributed by atoms with Crippen molar-refractivity contribution in [2.75, 3.05) is 12.0 Å². The summed E-state index contributed by atoms with van der Waals surface area (Å²) in [5.74, 6) is 0.875. The van der Waals surface area contributed by atoms with Gasteiger partial charge in [-0.05, 0) is 101 Å². The van der Waals surface area contributed by atoms with Crippen LogP contribution in [-0.2, 0) is 5.41 Å². The molecule has 2 heteroatoms. The van der Waals surface area contributed by atoms with Crippen LogP contribution in [0.3, 0.4) is 0 Å². The molecule has 0 bridgehead atoms. The maximum Gasteiger partial charge on any atom is 0.145 e. The highest BCUT2D eigenvalue weighted by Gasteiger charge is 2.53. The van der Waals surface area contributed by atoms with Crippen molar-refractivity contribution in [1.29, 1.82) is 0 Å². The van der Waals surface area contributed by atoms with Gasteiger partial charge in [-0.1, -0.05) is 115 Å². The van der Waals surface area contributed by atoms with Gasteiger partial charge >= 0.3 is 0 Å². The van der Waals surface area contributed by atoms with E-state index in [2.05, 4.69) is 165 Å². The number of aryl methyl sites for hydroxylation is 1. The van der Waals surface area contributed by atoms with Crippen LogP contribution in [0.5, 0.6) is 5.75 Å². The van der Waals surface area contributed by atoms with Crippen LogP contribution in [0.15, 0.2) is 140 Å². The lowest BCUT2D eigenvalue weighted by molar-refractivity contribution is 0.413. The van der Waals surface area contributed by atoms with Gasteiger partial charge in [-0.3, -0.25) is 0 Å². The molecular formula is C43H35NO. The van der Waals surface area contributed by atoms with E-state index >= 15 is 0 Å². The maximum atomic E-state index is 6.16. The summed E-state index contributed by atoms with van der Waals surface area (Å²) < 4.78 is 6.16. The third-order valence-corrected chi connectivity index (χ3v) is 9.86. The summed E-state index contributed by atoms with van der Waals surface area (Å²) in [6.07, 6.45) is 2.18. The first kappa shape index (κ1) is 27.2. The third kappa shape index (κ3) is 3.75. The lowest BCUT2D eigenvalue weighted by atomic mass is 9.70. The van der Waals surface area contributed by atoms with E-state index in [-0.39, 0.29) is 0 Å². The molecule has 8 rings (SSSR count). The van der Waals surface area contributed by atoms with E-state index in [1.165, 1.54) is 55.6 Å². The molecule has 6 aromatic rings.